The Morgan fingerprint density at radius 2 is 1.83 bits per heavy atom. The van der Waals surface area contributed by atoms with Crippen LogP contribution in [-0.2, 0) is 14.4 Å². The molecule has 7 heteroatoms. The number of carbonyl (C=O) groups excluding carboxylic acids is 2. The molecule has 0 radical (unpaired) electrons. The molecule has 0 spiro atoms. The topological polar surface area (TPSA) is 90.0 Å². The maximum atomic E-state index is 13.5. The number of carbonyl (C=O) groups is 3. The molecule has 1 aliphatic rings. The van der Waals surface area contributed by atoms with Gasteiger partial charge in [-0.2, -0.15) is 0 Å². The van der Waals surface area contributed by atoms with E-state index in [-0.39, 0.29) is 35.4 Å². The van der Waals surface area contributed by atoms with Crippen molar-refractivity contribution in [1.29, 1.82) is 0 Å². The van der Waals surface area contributed by atoms with Gasteiger partial charge in [-0.3, -0.25) is 14.5 Å². The molecule has 1 fully saturated rings. The second-order valence-corrected chi connectivity index (χ2v) is 9.79. The van der Waals surface area contributed by atoms with Crippen molar-refractivity contribution >= 4 is 17.8 Å². The van der Waals surface area contributed by atoms with Crippen LogP contribution < -0.4 is 5.32 Å². The molecule has 0 aromatic heterocycles. The number of rotatable bonds is 8. The molecule has 3 atom stereocenters. The normalized spacial score (nSPS) is 20.6. The zero-order valence-corrected chi connectivity index (χ0v) is 20.0. The zero-order chi connectivity index (χ0) is 23.2. The summed E-state index contributed by atoms with van der Waals surface area (Å²) in [6, 6.07) is -1.28. The van der Waals surface area contributed by atoms with E-state index in [9.17, 15) is 19.5 Å². The standard InChI is InChI=1S/C23H41N3O4/c1-9-26-13-11-10-12-17(26)20(27)24-19(23(5,6)7)21(28)25(8)18(15(2)3)14-16(4)22(29)30/h14-15,17-19H,9-13H2,1-8H3,(H,24,27)(H,29,30)/b16-14+/t17-,18-,19?/m1/s1. The molecule has 0 aromatic carbocycles. The van der Waals surface area contributed by atoms with E-state index in [0.29, 0.717) is 0 Å². The number of likely N-dealkylation sites (N-methyl/N-ethyl adjacent to an activating group) is 2. The van der Waals surface area contributed by atoms with Crippen LogP contribution in [0.3, 0.4) is 0 Å². The number of nitrogens with one attached hydrogen (secondary N) is 1. The number of hydrogen-bond acceptors (Lipinski definition) is 4. The fraction of sp³-hybridized carbons (Fsp3) is 0.783. The van der Waals surface area contributed by atoms with Crippen molar-refractivity contribution in [2.75, 3.05) is 20.1 Å². The van der Waals surface area contributed by atoms with E-state index in [1.165, 1.54) is 6.92 Å². The van der Waals surface area contributed by atoms with Crippen LogP contribution in [0, 0.1) is 11.3 Å². The minimum Gasteiger partial charge on any atom is -0.478 e. The smallest absolute Gasteiger partial charge is 0.331 e. The van der Waals surface area contributed by atoms with Gasteiger partial charge in [0.2, 0.25) is 11.8 Å². The lowest BCUT2D eigenvalue weighted by Crippen LogP contribution is -2.60. The first-order valence-electron chi connectivity index (χ1n) is 11.0. The molecule has 1 aliphatic heterocycles. The van der Waals surface area contributed by atoms with Crippen LogP contribution in [0.15, 0.2) is 11.6 Å². The van der Waals surface area contributed by atoms with Crippen LogP contribution in [0.4, 0.5) is 0 Å². The molecule has 0 aliphatic carbocycles. The molecule has 1 rings (SSSR count). The lowest BCUT2D eigenvalue weighted by molar-refractivity contribution is -0.141. The maximum Gasteiger partial charge on any atom is 0.331 e. The first-order chi connectivity index (χ1) is 13.8. The first kappa shape index (κ1) is 26.1. The third-order valence-corrected chi connectivity index (χ3v) is 5.96. The summed E-state index contributed by atoms with van der Waals surface area (Å²) in [6.07, 6.45) is 4.52. The Labute approximate surface area is 181 Å². The number of amides is 2. The number of hydrogen-bond donors (Lipinski definition) is 2. The van der Waals surface area contributed by atoms with Gasteiger partial charge >= 0.3 is 5.97 Å². The Morgan fingerprint density at radius 1 is 1.23 bits per heavy atom. The average molecular weight is 424 g/mol. The highest BCUT2D eigenvalue weighted by atomic mass is 16.4. The van der Waals surface area contributed by atoms with Gasteiger partial charge in [0.05, 0.1) is 12.1 Å². The maximum absolute atomic E-state index is 13.5. The van der Waals surface area contributed by atoms with E-state index in [0.717, 1.165) is 32.4 Å². The van der Waals surface area contributed by atoms with Gasteiger partial charge < -0.3 is 15.3 Å². The minimum absolute atomic E-state index is 0.0264. The lowest BCUT2D eigenvalue weighted by atomic mass is 9.84. The van der Waals surface area contributed by atoms with Crippen molar-refractivity contribution < 1.29 is 19.5 Å². The fourth-order valence-corrected chi connectivity index (χ4v) is 3.98. The highest BCUT2D eigenvalue weighted by molar-refractivity contribution is 5.91. The molecule has 1 unspecified atom stereocenters. The Hall–Kier alpha value is -1.89. The van der Waals surface area contributed by atoms with Gasteiger partial charge in [0.15, 0.2) is 0 Å². The minimum atomic E-state index is -1.00. The van der Waals surface area contributed by atoms with Crippen molar-refractivity contribution in [3.8, 4) is 0 Å². The van der Waals surface area contributed by atoms with Gasteiger partial charge in [-0.25, -0.2) is 4.79 Å². The lowest BCUT2D eigenvalue weighted by Gasteiger charge is -2.39. The number of nitrogens with zero attached hydrogens (tertiary/aromatic N) is 2. The van der Waals surface area contributed by atoms with E-state index in [2.05, 4.69) is 17.1 Å². The predicted molar refractivity (Wildman–Crippen MR) is 119 cm³/mol. The summed E-state index contributed by atoms with van der Waals surface area (Å²) in [5.41, 5.74) is -0.287. The summed E-state index contributed by atoms with van der Waals surface area (Å²) in [5, 5.41) is 12.3. The second kappa shape index (κ2) is 10.9. The van der Waals surface area contributed by atoms with E-state index in [1.807, 2.05) is 34.6 Å². The molecule has 2 N–H and O–H groups in total. The molecule has 0 saturated carbocycles. The van der Waals surface area contributed by atoms with Crippen molar-refractivity contribution in [3.05, 3.63) is 11.6 Å². The first-order valence-corrected chi connectivity index (χ1v) is 11.0. The van der Waals surface area contributed by atoms with Crippen LogP contribution in [0.25, 0.3) is 0 Å². The largest absolute Gasteiger partial charge is 0.478 e. The van der Waals surface area contributed by atoms with E-state index in [1.54, 1.807) is 18.0 Å². The number of carboxylic acid groups (broad SMARTS) is 1. The zero-order valence-electron chi connectivity index (χ0n) is 20.0. The average Bonchev–Trinajstić information content (AvgIpc) is 2.67. The summed E-state index contributed by atoms with van der Waals surface area (Å²) in [6.45, 7) is 15.0. The Balaban J connectivity index is 3.12. The molecular formula is C23H41N3O4. The quantitative estimate of drug-likeness (QED) is 0.586. The predicted octanol–water partition coefficient (Wildman–Crippen LogP) is 2.91. The third kappa shape index (κ3) is 6.83. The van der Waals surface area contributed by atoms with Crippen LogP contribution in [0.2, 0.25) is 0 Å². The van der Waals surface area contributed by atoms with Gasteiger partial charge in [0, 0.05) is 12.6 Å². The molecule has 30 heavy (non-hydrogen) atoms. The fourth-order valence-electron chi connectivity index (χ4n) is 3.98. The third-order valence-electron chi connectivity index (χ3n) is 5.96. The Bertz CT molecular complexity index is 651. The second-order valence-electron chi connectivity index (χ2n) is 9.79. The molecule has 0 bridgehead atoms. The van der Waals surface area contributed by atoms with Gasteiger partial charge in [-0.05, 0) is 44.2 Å². The van der Waals surface area contributed by atoms with Gasteiger partial charge in [-0.1, -0.05) is 54.0 Å². The summed E-state index contributed by atoms with van der Waals surface area (Å²) in [7, 11) is 1.68. The number of aliphatic carboxylic acids is 1. The van der Waals surface area contributed by atoms with E-state index < -0.39 is 17.4 Å². The van der Waals surface area contributed by atoms with Crippen LogP contribution in [0.1, 0.15) is 67.7 Å². The van der Waals surface area contributed by atoms with Gasteiger partial charge in [-0.15, -0.1) is 0 Å². The summed E-state index contributed by atoms with van der Waals surface area (Å²) >= 11 is 0. The van der Waals surface area contributed by atoms with Crippen LogP contribution in [-0.4, -0.2) is 71.0 Å². The van der Waals surface area contributed by atoms with Crippen LogP contribution >= 0.6 is 0 Å². The van der Waals surface area contributed by atoms with Crippen molar-refractivity contribution in [2.45, 2.75) is 85.9 Å². The summed E-state index contributed by atoms with van der Waals surface area (Å²) < 4.78 is 0. The molecular weight excluding hydrogens is 382 g/mol. The Kier molecular flexibility index (Phi) is 9.53. The molecule has 2 amide bonds. The van der Waals surface area contributed by atoms with Crippen molar-refractivity contribution in [1.82, 2.24) is 15.1 Å². The van der Waals surface area contributed by atoms with Crippen molar-refractivity contribution in [2.24, 2.45) is 11.3 Å². The molecule has 1 heterocycles. The summed E-state index contributed by atoms with van der Waals surface area (Å²) in [5.74, 6) is -1.28. The van der Waals surface area contributed by atoms with Crippen LogP contribution in [0.5, 0.6) is 0 Å². The van der Waals surface area contributed by atoms with E-state index >= 15 is 0 Å². The molecule has 172 valence electrons. The van der Waals surface area contributed by atoms with E-state index in [4.69, 9.17) is 0 Å². The number of carboxylic acids is 1. The summed E-state index contributed by atoms with van der Waals surface area (Å²) in [4.78, 5) is 41.6. The molecule has 0 aromatic rings. The number of likely N-dealkylation sites (tertiary alicyclic amines) is 1. The highest BCUT2D eigenvalue weighted by Gasteiger charge is 2.39. The number of piperidine rings is 1. The monoisotopic (exact) mass is 423 g/mol. The highest BCUT2D eigenvalue weighted by Crippen LogP contribution is 2.25. The van der Waals surface area contributed by atoms with Gasteiger partial charge in [0.1, 0.15) is 6.04 Å². The van der Waals surface area contributed by atoms with Crippen molar-refractivity contribution in [3.63, 3.8) is 0 Å². The Morgan fingerprint density at radius 3 is 2.30 bits per heavy atom. The molecule has 7 nitrogen and oxygen atoms in total. The SMILES string of the molecule is CCN1CCCC[C@@H]1C(=O)NC(C(=O)N(C)[C@H](/C=C(\C)C(=O)O)C(C)C)C(C)(C)C. The molecule has 1 saturated heterocycles. The van der Waals surface area contributed by atoms with Gasteiger partial charge in [0.25, 0.3) is 0 Å².